The van der Waals surface area contributed by atoms with Crippen molar-refractivity contribution >= 4 is 28.3 Å². The van der Waals surface area contributed by atoms with E-state index in [0.717, 1.165) is 10.8 Å². The molecule has 0 saturated carbocycles. The Balaban J connectivity index is 2.18. The first-order valence-corrected chi connectivity index (χ1v) is 9.21. The molecule has 0 amide bonds. The summed E-state index contributed by atoms with van der Waals surface area (Å²) >= 11 is 1.44. The van der Waals surface area contributed by atoms with E-state index in [0.29, 0.717) is 22.7 Å². The largest absolute Gasteiger partial charge is 0.301 e. The zero-order chi connectivity index (χ0) is 18.0. The van der Waals surface area contributed by atoms with Crippen molar-refractivity contribution in [1.29, 1.82) is 0 Å². The van der Waals surface area contributed by atoms with Crippen LogP contribution in [0, 0.1) is 0 Å². The summed E-state index contributed by atoms with van der Waals surface area (Å²) in [7, 11) is 0. The number of nitrogens with zero attached hydrogens (tertiary/aromatic N) is 1. The summed E-state index contributed by atoms with van der Waals surface area (Å²) in [6, 6.07) is 13.4. The molecule has 3 aromatic rings. The van der Waals surface area contributed by atoms with Crippen molar-refractivity contribution in [3.05, 3.63) is 69.6 Å². The number of fused-ring (bicyclic) bond motifs is 1. The summed E-state index contributed by atoms with van der Waals surface area (Å²) in [5.41, 5.74) is 1.03. The maximum absolute atomic E-state index is 13.2. The first kappa shape index (κ1) is 17.4. The molecule has 4 nitrogen and oxygen atoms in total. The Labute approximate surface area is 150 Å². The molecule has 0 saturated heterocycles. The summed E-state index contributed by atoms with van der Waals surface area (Å²) in [6.07, 6.45) is 0.459. The highest BCUT2D eigenvalue weighted by atomic mass is 32.2. The Kier molecular flexibility index (Phi) is 5.04. The first-order chi connectivity index (χ1) is 12.0. The van der Waals surface area contributed by atoms with Crippen LogP contribution in [-0.4, -0.2) is 21.0 Å². The molecule has 0 spiro atoms. The minimum Gasteiger partial charge on any atom is -0.301 e. The van der Waals surface area contributed by atoms with Crippen molar-refractivity contribution in [1.82, 2.24) is 9.97 Å². The lowest BCUT2D eigenvalue weighted by atomic mass is 9.97. The van der Waals surface area contributed by atoms with Crippen molar-refractivity contribution in [3.63, 3.8) is 0 Å². The number of benzene rings is 2. The Bertz CT molecular complexity index is 987. The molecule has 0 aliphatic carbocycles. The number of ketones is 1. The van der Waals surface area contributed by atoms with E-state index in [1.165, 1.54) is 11.8 Å². The van der Waals surface area contributed by atoms with E-state index in [-0.39, 0.29) is 22.3 Å². The lowest BCUT2D eigenvalue weighted by Gasteiger charge is -2.11. The molecule has 0 unspecified atom stereocenters. The molecule has 0 aliphatic heterocycles. The van der Waals surface area contributed by atoms with Gasteiger partial charge in [0, 0.05) is 16.4 Å². The molecule has 1 heterocycles. The molecule has 3 rings (SSSR count). The highest BCUT2D eigenvalue weighted by Gasteiger charge is 2.20. The highest BCUT2D eigenvalue weighted by molar-refractivity contribution is 7.99. The Morgan fingerprint density at radius 2 is 1.88 bits per heavy atom. The summed E-state index contributed by atoms with van der Waals surface area (Å²) < 4.78 is 0. The highest BCUT2D eigenvalue weighted by Crippen LogP contribution is 2.23. The molecule has 1 aromatic heterocycles. The maximum atomic E-state index is 13.2. The number of aromatic amines is 1. The van der Waals surface area contributed by atoms with E-state index in [1.807, 2.05) is 57.2 Å². The molecule has 0 atom stereocenters. The predicted molar refractivity (Wildman–Crippen MR) is 103 cm³/mol. The number of thioether (sulfide) groups is 1. The third kappa shape index (κ3) is 3.51. The van der Waals surface area contributed by atoms with E-state index in [1.54, 1.807) is 6.07 Å². The molecular weight excluding hydrogens is 332 g/mol. The van der Waals surface area contributed by atoms with Gasteiger partial charge in [-0.2, -0.15) is 0 Å². The van der Waals surface area contributed by atoms with Gasteiger partial charge in [0.25, 0.3) is 5.56 Å². The monoisotopic (exact) mass is 352 g/mol. The molecule has 0 bridgehead atoms. The number of carbonyl (C=O) groups excluding carboxylic acids is 1. The maximum Gasteiger partial charge on any atom is 0.255 e. The number of rotatable bonds is 5. The quantitative estimate of drug-likeness (QED) is 0.424. The van der Waals surface area contributed by atoms with E-state index >= 15 is 0 Å². The van der Waals surface area contributed by atoms with Gasteiger partial charge in [-0.15, -0.1) is 0 Å². The van der Waals surface area contributed by atoms with Gasteiger partial charge in [-0.25, -0.2) is 4.98 Å². The van der Waals surface area contributed by atoms with Crippen LogP contribution in [0.15, 0.2) is 52.4 Å². The second-order valence-electron chi connectivity index (χ2n) is 6.07. The number of aromatic nitrogens is 2. The molecular formula is C20H20N2O2S. The van der Waals surface area contributed by atoms with Gasteiger partial charge in [0.15, 0.2) is 5.16 Å². The second kappa shape index (κ2) is 7.23. The van der Waals surface area contributed by atoms with Crippen LogP contribution in [0.4, 0.5) is 0 Å². The molecule has 25 heavy (non-hydrogen) atoms. The Morgan fingerprint density at radius 3 is 2.60 bits per heavy atom. The molecule has 0 radical (unpaired) electrons. The van der Waals surface area contributed by atoms with Gasteiger partial charge in [-0.05, 0) is 17.2 Å². The third-order valence-electron chi connectivity index (χ3n) is 3.94. The van der Waals surface area contributed by atoms with Crippen molar-refractivity contribution < 1.29 is 4.79 Å². The second-order valence-corrected chi connectivity index (χ2v) is 7.64. The molecule has 0 aliphatic rings. The summed E-state index contributed by atoms with van der Waals surface area (Å²) in [4.78, 5) is 32.9. The van der Waals surface area contributed by atoms with E-state index in [9.17, 15) is 9.59 Å². The first-order valence-electron chi connectivity index (χ1n) is 8.33. The van der Waals surface area contributed by atoms with Crippen LogP contribution in [0.3, 0.4) is 0 Å². The number of H-pyrrole nitrogens is 1. The fraction of sp³-hybridized carbons (Fsp3) is 0.250. The SMILES string of the molecule is CCc1c(C(=O)c2cccc3ccccc23)nc(SC(C)C)[nH]c1=O. The van der Waals surface area contributed by atoms with Crippen molar-refractivity contribution in [2.75, 3.05) is 0 Å². The van der Waals surface area contributed by atoms with Gasteiger partial charge in [0.05, 0.1) is 0 Å². The molecule has 128 valence electrons. The number of hydrogen-bond donors (Lipinski definition) is 1. The van der Waals surface area contributed by atoms with Crippen molar-refractivity contribution in [3.8, 4) is 0 Å². The van der Waals surface area contributed by atoms with E-state index in [4.69, 9.17) is 0 Å². The zero-order valence-electron chi connectivity index (χ0n) is 14.5. The topological polar surface area (TPSA) is 62.8 Å². The van der Waals surface area contributed by atoms with Crippen LogP contribution in [0.1, 0.15) is 42.4 Å². The standard InChI is InChI=1S/C20H20N2O2S/c1-4-14-17(21-20(22-19(14)24)25-12(2)3)18(23)16-11-7-9-13-8-5-6-10-15(13)16/h5-12H,4H2,1-3H3,(H,21,22,24). The lowest BCUT2D eigenvalue weighted by Crippen LogP contribution is -2.22. The summed E-state index contributed by atoms with van der Waals surface area (Å²) in [6.45, 7) is 5.90. The van der Waals surface area contributed by atoms with Crippen LogP contribution in [0.5, 0.6) is 0 Å². The van der Waals surface area contributed by atoms with Gasteiger partial charge in [0.1, 0.15) is 5.69 Å². The number of hydrogen-bond acceptors (Lipinski definition) is 4. The van der Waals surface area contributed by atoms with Gasteiger partial charge in [-0.3, -0.25) is 9.59 Å². The van der Waals surface area contributed by atoms with E-state index < -0.39 is 0 Å². The predicted octanol–water partition coefficient (Wildman–Crippen LogP) is 4.22. The summed E-state index contributed by atoms with van der Waals surface area (Å²) in [5.74, 6) is -0.203. The molecule has 0 fully saturated rings. The van der Waals surface area contributed by atoms with Gasteiger partial charge < -0.3 is 4.98 Å². The Hall–Kier alpha value is -2.40. The minimum atomic E-state index is -0.232. The lowest BCUT2D eigenvalue weighted by molar-refractivity contribution is 0.103. The third-order valence-corrected chi connectivity index (χ3v) is 4.83. The van der Waals surface area contributed by atoms with Gasteiger partial charge >= 0.3 is 0 Å². The van der Waals surface area contributed by atoms with Gasteiger partial charge in [0.2, 0.25) is 5.78 Å². The normalized spacial score (nSPS) is 11.2. The van der Waals surface area contributed by atoms with Crippen LogP contribution in [0.25, 0.3) is 10.8 Å². The minimum absolute atomic E-state index is 0.203. The molecule has 5 heteroatoms. The Morgan fingerprint density at radius 1 is 1.16 bits per heavy atom. The van der Waals surface area contributed by atoms with Crippen molar-refractivity contribution in [2.45, 2.75) is 37.6 Å². The zero-order valence-corrected chi connectivity index (χ0v) is 15.3. The van der Waals surface area contributed by atoms with Gasteiger partial charge in [-0.1, -0.05) is 75.0 Å². The fourth-order valence-electron chi connectivity index (χ4n) is 2.82. The number of carbonyl (C=O) groups is 1. The van der Waals surface area contributed by atoms with Crippen LogP contribution in [0.2, 0.25) is 0 Å². The van der Waals surface area contributed by atoms with Crippen LogP contribution >= 0.6 is 11.8 Å². The van der Waals surface area contributed by atoms with Crippen LogP contribution < -0.4 is 5.56 Å². The summed E-state index contributed by atoms with van der Waals surface area (Å²) in [5, 5.41) is 2.61. The van der Waals surface area contributed by atoms with Crippen molar-refractivity contribution in [2.24, 2.45) is 0 Å². The average molecular weight is 352 g/mol. The number of nitrogens with one attached hydrogen (secondary N) is 1. The van der Waals surface area contributed by atoms with Crippen LogP contribution in [-0.2, 0) is 6.42 Å². The average Bonchev–Trinajstić information content (AvgIpc) is 2.59. The smallest absolute Gasteiger partial charge is 0.255 e. The fourth-order valence-corrected chi connectivity index (χ4v) is 3.57. The van der Waals surface area contributed by atoms with E-state index in [2.05, 4.69) is 9.97 Å². The molecule has 1 N–H and O–H groups in total. The molecule has 2 aromatic carbocycles.